The molecule has 5 aromatic rings. The van der Waals surface area contributed by atoms with Crippen molar-refractivity contribution in [2.75, 3.05) is 25.4 Å². The van der Waals surface area contributed by atoms with Crippen molar-refractivity contribution in [2.45, 2.75) is 159 Å². The van der Waals surface area contributed by atoms with E-state index in [1.807, 2.05) is 81.0 Å². The zero-order valence-electron chi connectivity index (χ0n) is 43.5. The van der Waals surface area contributed by atoms with Crippen LogP contribution in [-0.2, 0) is 39.9 Å². The Morgan fingerprint density at radius 2 is 1.59 bits per heavy atom. The summed E-state index contributed by atoms with van der Waals surface area (Å²) < 4.78 is 1.81. The highest BCUT2D eigenvalue weighted by Gasteiger charge is 2.67. The highest BCUT2D eigenvalue weighted by molar-refractivity contribution is 5.93. The Kier molecular flexibility index (Phi) is 13.7. The second kappa shape index (κ2) is 20.2. The number of aliphatic hydroxyl groups excluding tert-OH is 1. The zero-order chi connectivity index (χ0) is 51.5. The Morgan fingerprint density at radius 3 is 2.26 bits per heavy atom. The minimum absolute atomic E-state index is 0.00820. The number of carbonyl (C=O) groups is 3. The number of anilines is 1. The summed E-state index contributed by atoms with van der Waals surface area (Å²) in [7, 11) is 1.89. The standard InChI is InChI=1S/C58H75N11O5/c1-57(2,3)51(55(74)68-34-45(70)28-49(68)54(73)60-31-35-9-12-38(13-10-35)48-19-22-63-66(48)4)65-53(72)39-15-17-42(18-16-39)67-23-20-37(21-24-67)41-32-61-56(62-33-41)58-29-43-25-36(26-44(30-58)69(43)58)11-14-40-27-47(64-52(40)59)46-7-5-6-8-50(46)71/h5-10,12-13,19,22,27,32-33,36-37,39,42-45,49,51,64,70-71H,11,14-18,20-21,23-26,28-31,34,59H2,1-4H3,(H,60,73)(H,65,72)/t36?,39-,42+,43?,44?,45-,49+,51-,58?/m1/s1. The van der Waals surface area contributed by atoms with Gasteiger partial charge in [-0.25, -0.2) is 9.97 Å². The maximum absolute atomic E-state index is 14.3. The highest BCUT2D eigenvalue weighted by Crippen LogP contribution is 2.62. The molecule has 2 unspecified atom stereocenters. The van der Waals surface area contributed by atoms with Crippen molar-refractivity contribution in [3.63, 3.8) is 0 Å². The van der Waals surface area contributed by atoms with Gasteiger partial charge in [0.1, 0.15) is 29.5 Å². The van der Waals surface area contributed by atoms with Crippen LogP contribution in [0.5, 0.6) is 5.75 Å². The first-order valence-electron chi connectivity index (χ1n) is 27.4. The normalized spacial score (nSPS) is 27.7. The molecule has 3 aromatic heterocycles. The molecule has 3 amide bonds. The Bertz CT molecular complexity index is 2810. The minimum atomic E-state index is -0.848. The summed E-state index contributed by atoms with van der Waals surface area (Å²) in [4.78, 5) is 62.2. The monoisotopic (exact) mass is 1010 g/mol. The van der Waals surface area contributed by atoms with Crippen LogP contribution in [0.2, 0.25) is 0 Å². The van der Waals surface area contributed by atoms with Gasteiger partial charge in [-0.15, -0.1) is 0 Å². The third-order valence-electron chi connectivity index (χ3n) is 18.1. The molecule has 0 spiro atoms. The van der Waals surface area contributed by atoms with Gasteiger partial charge in [0, 0.05) is 74.8 Å². The predicted octanol–water partition coefficient (Wildman–Crippen LogP) is 6.79. The molecule has 7 N–H and O–H groups in total. The molecule has 8 heterocycles. The van der Waals surface area contributed by atoms with Gasteiger partial charge >= 0.3 is 0 Å². The Balaban J connectivity index is 0.617. The van der Waals surface area contributed by atoms with Crippen LogP contribution in [0.4, 0.5) is 5.82 Å². The molecule has 6 aliphatic rings. The van der Waals surface area contributed by atoms with Crippen molar-refractivity contribution in [2.24, 2.45) is 24.3 Å². The van der Waals surface area contributed by atoms with Crippen molar-refractivity contribution in [1.82, 2.24) is 50.1 Å². The van der Waals surface area contributed by atoms with E-state index >= 15 is 0 Å². The van der Waals surface area contributed by atoms with Crippen LogP contribution in [0.3, 0.4) is 0 Å². The molecule has 1 saturated carbocycles. The third kappa shape index (κ3) is 9.73. The first kappa shape index (κ1) is 50.1. The Morgan fingerprint density at radius 1 is 0.892 bits per heavy atom. The number of nitrogen functional groups attached to an aromatic ring is 1. The van der Waals surface area contributed by atoms with Gasteiger partial charge in [-0.2, -0.15) is 5.10 Å². The second-order valence-corrected chi connectivity index (χ2v) is 23.8. The molecule has 6 fully saturated rings. The molecule has 0 radical (unpaired) electrons. The van der Waals surface area contributed by atoms with E-state index in [1.165, 1.54) is 23.3 Å². The number of hydrogen-bond acceptors (Lipinski definition) is 11. The van der Waals surface area contributed by atoms with Gasteiger partial charge in [0.15, 0.2) is 0 Å². The number of β-amino-alcohol motifs (C(OH)–C–C–N with tert-alkyl or cyclic N) is 1. The number of nitrogens with one attached hydrogen (secondary N) is 3. The molecule has 16 nitrogen and oxygen atoms in total. The molecule has 0 bridgehead atoms. The van der Waals surface area contributed by atoms with Crippen LogP contribution >= 0.6 is 0 Å². The molecular formula is C58H75N11O5. The molecule has 1 aliphatic carbocycles. The minimum Gasteiger partial charge on any atom is -0.507 e. The number of aryl methyl sites for hydroxylation is 2. The van der Waals surface area contributed by atoms with Crippen molar-refractivity contribution >= 4 is 23.5 Å². The second-order valence-electron chi connectivity index (χ2n) is 23.8. The van der Waals surface area contributed by atoms with E-state index in [4.69, 9.17) is 15.7 Å². The largest absolute Gasteiger partial charge is 0.507 e. The SMILES string of the molecule is Cn1nccc1-c1ccc(CNC(=O)[C@@H]2C[C@@H](O)CN2C(=O)[C@@H](NC(=O)[C@H]2CC[C@@H](N3CCC(c4cnc(C56CC7CC(CCc8cc(-c9ccccc9O)[nH]c8N)CC(C5)N76)nc4)CC3)CC2)C(C)(C)C)cc1. The zero-order valence-corrected chi connectivity index (χ0v) is 43.5. The molecule has 5 saturated heterocycles. The number of amides is 3. The van der Waals surface area contributed by atoms with Crippen molar-refractivity contribution in [3.05, 3.63) is 102 Å². The molecule has 5 atom stereocenters. The van der Waals surface area contributed by atoms with Gasteiger partial charge in [-0.1, -0.05) is 57.2 Å². The van der Waals surface area contributed by atoms with E-state index < -0.39 is 23.6 Å². The molecule has 11 rings (SSSR count). The fourth-order valence-electron chi connectivity index (χ4n) is 14.0. The number of benzene rings is 2. The summed E-state index contributed by atoms with van der Waals surface area (Å²) in [6.45, 7) is 8.16. The van der Waals surface area contributed by atoms with E-state index in [-0.39, 0.29) is 54.4 Å². The number of hydrogen-bond donors (Lipinski definition) is 6. The van der Waals surface area contributed by atoms with E-state index in [0.29, 0.717) is 35.8 Å². The molecule has 16 heteroatoms. The number of likely N-dealkylation sites (tertiary alicyclic amines) is 2. The van der Waals surface area contributed by atoms with E-state index in [9.17, 15) is 24.6 Å². The smallest absolute Gasteiger partial charge is 0.246 e. The molecule has 392 valence electrons. The number of carbonyl (C=O) groups excluding carboxylic acids is 3. The number of nitrogens with zero attached hydrogens (tertiary/aromatic N) is 7. The first-order valence-corrected chi connectivity index (χ1v) is 27.4. The van der Waals surface area contributed by atoms with E-state index in [2.05, 4.69) is 49.0 Å². The fraction of sp³-hybridized carbons (Fsp3) is 0.552. The number of phenols is 1. The fourth-order valence-corrected chi connectivity index (χ4v) is 14.0. The number of aromatic nitrogens is 5. The van der Waals surface area contributed by atoms with E-state index in [0.717, 1.165) is 117 Å². The summed E-state index contributed by atoms with van der Waals surface area (Å²) >= 11 is 0. The summed E-state index contributed by atoms with van der Waals surface area (Å²) in [5, 5.41) is 31.5. The summed E-state index contributed by atoms with van der Waals surface area (Å²) in [5.74, 6) is 2.11. The maximum Gasteiger partial charge on any atom is 0.246 e. The van der Waals surface area contributed by atoms with Crippen LogP contribution in [0.25, 0.3) is 22.5 Å². The van der Waals surface area contributed by atoms with Crippen molar-refractivity contribution in [1.29, 1.82) is 0 Å². The van der Waals surface area contributed by atoms with Crippen LogP contribution < -0.4 is 16.4 Å². The van der Waals surface area contributed by atoms with E-state index in [1.54, 1.807) is 12.3 Å². The summed E-state index contributed by atoms with van der Waals surface area (Å²) in [5.41, 5.74) is 12.7. The van der Waals surface area contributed by atoms with Crippen molar-refractivity contribution < 1.29 is 24.6 Å². The average Bonchev–Trinajstić information content (AvgIpc) is 4.12. The van der Waals surface area contributed by atoms with Crippen LogP contribution in [-0.4, -0.2) is 123 Å². The highest BCUT2D eigenvalue weighted by atomic mass is 16.3. The lowest BCUT2D eigenvalue weighted by Crippen LogP contribution is -2.79. The average molecular weight is 1010 g/mol. The number of nitrogens with two attached hydrogens (primary N) is 1. The van der Waals surface area contributed by atoms with Gasteiger partial charge in [0.2, 0.25) is 17.7 Å². The number of H-pyrrole nitrogens is 1. The Labute approximate surface area is 434 Å². The lowest BCUT2D eigenvalue weighted by atomic mass is 9.57. The lowest BCUT2D eigenvalue weighted by molar-refractivity contribution is -0.239. The summed E-state index contributed by atoms with van der Waals surface area (Å²) in [6, 6.07) is 19.3. The van der Waals surface area contributed by atoms with Crippen LogP contribution in [0.1, 0.15) is 126 Å². The molecule has 74 heavy (non-hydrogen) atoms. The van der Waals surface area contributed by atoms with Crippen LogP contribution in [0.15, 0.2) is 79.3 Å². The number of rotatable bonds is 14. The Hall–Kier alpha value is -6.10. The number of para-hydroxylation sites is 1. The van der Waals surface area contributed by atoms with Crippen LogP contribution in [0, 0.1) is 17.3 Å². The number of aromatic amines is 1. The van der Waals surface area contributed by atoms with Crippen molar-refractivity contribution in [3.8, 4) is 28.3 Å². The van der Waals surface area contributed by atoms with Gasteiger partial charge < -0.3 is 41.4 Å². The number of aliphatic hydroxyl groups is 1. The third-order valence-corrected chi connectivity index (χ3v) is 18.1. The molecular weight excluding hydrogens is 931 g/mol. The number of aromatic hydroxyl groups is 1. The lowest BCUT2D eigenvalue weighted by Gasteiger charge is -2.72. The maximum atomic E-state index is 14.3. The quantitative estimate of drug-likeness (QED) is 0.0682. The van der Waals surface area contributed by atoms with Gasteiger partial charge in [0.25, 0.3) is 0 Å². The molecule has 2 aromatic carbocycles. The first-order chi connectivity index (χ1) is 35.6. The summed E-state index contributed by atoms with van der Waals surface area (Å²) in [6.07, 6.45) is 17.6. The van der Waals surface area contributed by atoms with Gasteiger partial charge in [0.05, 0.1) is 23.0 Å². The number of piperidine rings is 3. The molecule has 5 aliphatic heterocycles. The topological polar surface area (TPSA) is 211 Å². The van der Waals surface area contributed by atoms with Gasteiger partial charge in [-0.05, 0) is 154 Å². The van der Waals surface area contributed by atoms with Gasteiger partial charge in [-0.3, -0.25) is 24.0 Å². The number of phenolic OH excluding ortho intramolecular Hbond substituents is 1. The predicted molar refractivity (Wildman–Crippen MR) is 283 cm³/mol.